The van der Waals surface area contributed by atoms with Crippen molar-refractivity contribution < 1.29 is 4.52 Å². The fraction of sp³-hybridized carbons (Fsp3) is 0.444. The van der Waals surface area contributed by atoms with Crippen LogP contribution < -0.4 is 5.32 Å². The number of nitrogens with one attached hydrogen (secondary N) is 1. The molecular formula is C18H25ClIN5O. The molecule has 1 fully saturated rings. The molecule has 1 N–H and O–H groups in total. The van der Waals surface area contributed by atoms with Crippen LogP contribution in [0.5, 0.6) is 0 Å². The Morgan fingerprint density at radius 3 is 2.54 bits per heavy atom. The highest BCUT2D eigenvalue weighted by Gasteiger charge is 2.20. The summed E-state index contributed by atoms with van der Waals surface area (Å²) < 4.78 is 4.90. The molecule has 0 radical (unpaired) electrons. The summed E-state index contributed by atoms with van der Waals surface area (Å²) in [5.74, 6) is 0.968. The second-order valence-electron chi connectivity index (χ2n) is 6.10. The van der Waals surface area contributed by atoms with E-state index < -0.39 is 0 Å². The monoisotopic (exact) mass is 489 g/mol. The largest absolute Gasteiger partial charge is 0.364 e. The highest BCUT2D eigenvalue weighted by molar-refractivity contribution is 14.0. The number of hydrogen-bond acceptors (Lipinski definition) is 4. The molecule has 142 valence electrons. The molecule has 2 aromatic rings. The van der Waals surface area contributed by atoms with Crippen molar-refractivity contribution in [3.63, 3.8) is 0 Å². The normalized spacial score (nSPS) is 15.6. The molecule has 0 amide bonds. The maximum Gasteiger partial charge on any atom is 0.193 e. The molecule has 0 aliphatic carbocycles. The van der Waals surface area contributed by atoms with E-state index in [1.54, 1.807) is 6.26 Å². The first-order chi connectivity index (χ1) is 12.2. The maximum absolute atomic E-state index is 5.92. The quantitative estimate of drug-likeness (QED) is 0.398. The lowest BCUT2D eigenvalue weighted by Crippen LogP contribution is -2.52. The summed E-state index contributed by atoms with van der Waals surface area (Å²) in [7, 11) is 1.84. The van der Waals surface area contributed by atoms with E-state index in [1.165, 1.54) is 5.56 Å². The molecule has 26 heavy (non-hydrogen) atoms. The van der Waals surface area contributed by atoms with Gasteiger partial charge in [0.05, 0.1) is 5.69 Å². The number of aliphatic imine (C=N–C) groups is 1. The van der Waals surface area contributed by atoms with Crippen LogP contribution in [0.2, 0.25) is 5.02 Å². The van der Waals surface area contributed by atoms with E-state index in [-0.39, 0.29) is 24.0 Å². The van der Waals surface area contributed by atoms with E-state index in [1.807, 2.05) is 25.2 Å². The van der Waals surface area contributed by atoms with Crippen molar-refractivity contribution in [2.75, 3.05) is 39.8 Å². The van der Waals surface area contributed by atoms with Crippen molar-refractivity contribution in [3.8, 4) is 0 Å². The van der Waals surface area contributed by atoms with Gasteiger partial charge in [0.2, 0.25) is 0 Å². The Morgan fingerprint density at radius 1 is 1.19 bits per heavy atom. The highest BCUT2D eigenvalue weighted by Crippen LogP contribution is 2.10. The van der Waals surface area contributed by atoms with Crippen LogP contribution >= 0.6 is 35.6 Å². The third-order valence-electron chi connectivity index (χ3n) is 4.37. The molecule has 0 spiro atoms. The molecule has 8 heteroatoms. The number of piperazine rings is 1. The molecule has 6 nitrogen and oxygen atoms in total. The molecule has 1 aliphatic heterocycles. The Bertz CT molecular complexity index is 669. The standard InChI is InChI=1S/C18H24ClN5O.HI/c1-20-18(21-8-6-15-2-4-16(19)5-3-15)24-11-9-23(10-12-24)14-17-7-13-25-22-17;/h2-5,7,13H,6,8-12,14H2,1H3,(H,20,21);1H. The Balaban J connectivity index is 0.00000243. The van der Waals surface area contributed by atoms with Crippen molar-refractivity contribution in [2.24, 2.45) is 4.99 Å². The number of rotatable bonds is 5. The van der Waals surface area contributed by atoms with Gasteiger partial charge in [0.15, 0.2) is 5.96 Å². The average Bonchev–Trinajstić information content (AvgIpc) is 3.14. The Labute approximate surface area is 176 Å². The first-order valence-corrected chi connectivity index (χ1v) is 8.94. The molecule has 1 aromatic carbocycles. The van der Waals surface area contributed by atoms with Crippen LogP contribution in [0.15, 0.2) is 46.1 Å². The summed E-state index contributed by atoms with van der Waals surface area (Å²) in [6, 6.07) is 9.91. The Kier molecular flexibility index (Phi) is 8.67. The summed E-state index contributed by atoms with van der Waals surface area (Å²) in [6.45, 7) is 5.59. The van der Waals surface area contributed by atoms with Gasteiger partial charge in [0, 0.05) is 57.4 Å². The lowest BCUT2D eigenvalue weighted by atomic mass is 10.1. The third-order valence-corrected chi connectivity index (χ3v) is 4.62. The van der Waals surface area contributed by atoms with Crippen LogP contribution in [0, 0.1) is 0 Å². The minimum atomic E-state index is 0. The van der Waals surface area contributed by atoms with Gasteiger partial charge in [-0.1, -0.05) is 28.9 Å². The van der Waals surface area contributed by atoms with E-state index >= 15 is 0 Å². The SMILES string of the molecule is CN=C(NCCc1ccc(Cl)cc1)N1CCN(Cc2ccon2)CC1.I. The van der Waals surface area contributed by atoms with Crippen molar-refractivity contribution in [1.82, 2.24) is 20.3 Å². The van der Waals surface area contributed by atoms with E-state index in [4.69, 9.17) is 16.1 Å². The maximum atomic E-state index is 5.92. The van der Waals surface area contributed by atoms with Gasteiger partial charge in [-0.3, -0.25) is 9.89 Å². The summed E-state index contributed by atoms with van der Waals surface area (Å²) >= 11 is 5.92. The number of benzene rings is 1. The first kappa shape index (κ1) is 21.0. The van der Waals surface area contributed by atoms with Gasteiger partial charge in [0.1, 0.15) is 6.26 Å². The van der Waals surface area contributed by atoms with Gasteiger partial charge in [-0.25, -0.2) is 0 Å². The summed E-state index contributed by atoms with van der Waals surface area (Å²) in [5, 5.41) is 8.21. The molecule has 3 rings (SSSR count). The van der Waals surface area contributed by atoms with Gasteiger partial charge in [0.25, 0.3) is 0 Å². The summed E-state index contributed by atoms with van der Waals surface area (Å²) in [6.07, 6.45) is 2.57. The van der Waals surface area contributed by atoms with E-state index in [0.717, 1.165) is 62.4 Å². The second-order valence-corrected chi connectivity index (χ2v) is 6.54. The molecular weight excluding hydrogens is 465 g/mol. The fourth-order valence-electron chi connectivity index (χ4n) is 2.97. The number of nitrogens with zero attached hydrogens (tertiary/aromatic N) is 4. The zero-order valence-corrected chi connectivity index (χ0v) is 18.0. The molecule has 0 saturated carbocycles. The average molecular weight is 490 g/mol. The Morgan fingerprint density at radius 2 is 1.92 bits per heavy atom. The van der Waals surface area contributed by atoms with Gasteiger partial charge >= 0.3 is 0 Å². The number of hydrogen-bond donors (Lipinski definition) is 1. The van der Waals surface area contributed by atoms with Crippen molar-refractivity contribution in [1.29, 1.82) is 0 Å². The Hall–Kier alpha value is -1.32. The summed E-state index contributed by atoms with van der Waals surface area (Å²) in [4.78, 5) is 9.11. The minimum absolute atomic E-state index is 0. The zero-order chi connectivity index (χ0) is 17.5. The van der Waals surface area contributed by atoms with Gasteiger partial charge in [-0.05, 0) is 24.1 Å². The number of aromatic nitrogens is 1. The zero-order valence-electron chi connectivity index (χ0n) is 14.9. The highest BCUT2D eigenvalue weighted by atomic mass is 127. The van der Waals surface area contributed by atoms with Crippen LogP contribution in [0.3, 0.4) is 0 Å². The fourth-order valence-corrected chi connectivity index (χ4v) is 3.09. The molecule has 0 bridgehead atoms. The lowest BCUT2D eigenvalue weighted by Gasteiger charge is -2.36. The van der Waals surface area contributed by atoms with Crippen LogP contribution in [-0.2, 0) is 13.0 Å². The van der Waals surface area contributed by atoms with Gasteiger partial charge in [-0.15, -0.1) is 24.0 Å². The first-order valence-electron chi connectivity index (χ1n) is 8.56. The third kappa shape index (κ3) is 6.14. The van der Waals surface area contributed by atoms with E-state index in [0.29, 0.717) is 0 Å². The molecule has 0 unspecified atom stereocenters. The predicted molar refractivity (Wildman–Crippen MR) is 115 cm³/mol. The predicted octanol–water partition coefficient (Wildman–Crippen LogP) is 2.88. The van der Waals surface area contributed by atoms with Crippen LogP contribution in [-0.4, -0.2) is 60.7 Å². The van der Waals surface area contributed by atoms with Crippen molar-refractivity contribution in [2.45, 2.75) is 13.0 Å². The van der Waals surface area contributed by atoms with Crippen molar-refractivity contribution >= 4 is 41.5 Å². The molecule has 0 atom stereocenters. The van der Waals surface area contributed by atoms with E-state index in [9.17, 15) is 0 Å². The minimum Gasteiger partial charge on any atom is -0.364 e. The summed E-state index contributed by atoms with van der Waals surface area (Å²) in [5.41, 5.74) is 2.25. The topological polar surface area (TPSA) is 56.9 Å². The van der Waals surface area contributed by atoms with Crippen molar-refractivity contribution in [3.05, 3.63) is 52.9 Å². The van der Waals surface area contributed by atoms with E-state index in [2.05, 4.69) is 37.4 Å². The van der Waals surface area contributed by atoms with Crippen LogP contribution in [0.25, 0.3) is 0 Å². The lowest BCUT2D eigenvalue weighted by molar-refractivity contribution is 0.169. The number of guanidine groups is 1. The molecule has 1 aliphatic rings. The van der Waals surface area contributed by atoms with Gasteiger partial charge in [-0.2, -0.15) is 0 Å². The second kappa shape index (κ2) is 10.7. The molecule has 1 aromatic heterocycles. The smallest absolute Gasteiger partial charge is 0.193 e. The molecule has 2 heterocycles. The van der Waals surface area contributed by atoms with Crippen LogP contribution in [0.1, 0.15) is 11.3 Å². The number of halogens is 2. The van der Waals surface area contributed by atoms with Gasteiger partial charge < -0.3 is 14.7 Å². The molecule has 1 saturated heterocycles. The van der Waals surface area contributed by atoms with Crippen LogP contribution in [0.4, 0.5) is 0 Å².